The lowest BCUT2D eigenvalue weighted by Gasteiger charge is -2.36. The molecule has 4 nitrogen and oxygen atoms in total. The van der Waals surface area contributed by atoms with E-state index >= 15 is 0 Å². The van der Waals surface area contributed by atoms with Gasteiger partial charge in [-0.15, -0.1) is 0 Å². The third-order valence-electron chi connectivity index (χ3n) is 6.35. The largest absolute Gasteiger partial charge is 0.321 e. The van der Waals surface area contributed by atoms with E-state index in [2.05, 4.69) is 35.1 Å². The van der Waals surface area contributed by atoms with Gasteiger partial charge in [0.05, 0.1) is 5.75 Å². The van der Waals surface area contributed by atoms with Crippen molar-refractivity contribution >= 4 is 10.0 Å². The van der Waals surface area contributed by atoms with E-state index < -0.39 is 15.6 Å². The Morgan fingerprint density at radius 3 is 2.57 bits per heavy atom. The molecule has 0 aromatic heterocycles. The van der Waals surface area contributed by atoms with Crippen LogP contribution in [0.3, 0.4) is 0 Å². The van der Waals surface area contributed by atoms with E-state index in [1.54, 1.807) is 0 Å². The molecule has 150 valence electrons. The Kier molecular flexibility index (Phi) is 5.59. The van der Waals surface area contributed by atoms with Gasteiger partial charge >= 0.3 is 0 Å². The zero-order valence-electron chi connectivity index (χ0n) is 16.4. The molecular formula is C23H30N2O2S. The predicted molar refractivity (Wildman–Crippen MR) is 114 cm³/mol. The van der Waals surface area contributed by atoms with E-state index in [0.717, 1.165) is 44.1 Å². The van der Waals surface area contributed by atoms with Crippen molar-refractivity contribution in [3.8, 4) is 0 Å². The zero-order valence-corrected chi connectivity index (χ0v) is 17.2. The van der Waals surface area contributed by atoms with E-state index in [1.807, 2.05) is 18.2 Å². The number of sulfonamides is 1. The quantitative estimate of drug-likeness (QED) is 0.774. The van der Waals surface area contributed by atoms with Gasteiger partial charge in [0.15, 0.2) is 0 Å². The summed E-state index contributed by atoms with van der Waals surface area (Å²) in [6.45, 7) is 0. The minimum Gasteiger partial charge on any atom is -0.321 e. The van der Waals surface area contributed by atoms with E-state index in [4.69, 9.17) is 5.73 Å². The molecule has 2 aromatic carbocycles. The van der Waals surface area contributed by atoms with E-state index in [0.29, 0.717) is 12.8 Å². The van der Waals surface area contributed by atoms with Gasteiger partial charge in [0.2, 0.25) is 10.0 Å². The first-order valence-electron chi connectivity index (χ1n) is 10.4. The van der Waals surface area contributed by atoms with Crippen LogP contribution in [0.25, 0.3) is 0 Å². The van der Waals surface area contributed by atoms with Crippen molar-refractivity contribution in [3.05, 3.63) is 70.8 Å². The number of fused-ring (bicyclic) bond motifs is 2. The van der Waals surface area contributed by atoms with Crippen LogP contribution < -0.4 is 10.5 Å². The smallest absolute Gasteiger partial charge is 0.212 e. The molecule has 0 aliphatic heterocycles. The summed E-state index contributed by atoms with van der Waals surface area (Å²) in [6.07, 6.45) is 7.25. The number of aryl methyl sites for hydroxylation is 2. The SMILES string of the molecule is NC1(CCCS(=O)(=O)NC2CCCc3ccccc32)CCCc2ccccc21. The van der Waals surface area contributed by atoms with Crippen molar-refractivity contribution in [2.75, 3.05) is 5.75 Å². The molecule has 28 heavy (non-hydrogen) atoms. The molecule has 2 atom stereocenters. The Bertz CT molecular complexity index is 941. The van der Waals surface area contributed by atoms with Gasteiger partial charge in [-0.2, -0.15) is 0 Å². The van der Waals surface area contributed by atoms with E-state index in [1.165, 1.54) is 16.7 Å². The van der Waals surface area contributed by atoms with Crippen LogP contribution in [0, 0.1) is 0 Å². The number of nitrogens with two attached hydrogens (primary N) is 1. The second-order valence-corrected chi connectivity index (χ2v) is 10.2. The number of nitrogens with one attached hydrogen (secondary N) is 1. The molecule has 3 N–H and O–H groups in total. The van der Waals surface area contributed by atoms with Crippen molar-refractivity contribution in [1.82, 2.24) is 4.72 Å². The lowest BCUT2D eigenvalue weighted by Crippen LogP contribution is -2.41. The van der Waals surface area contributed by atoms with Crippen LogP contribution in [0.5, 0.6) is 0 Å². The van der Waals surface area contributed by atoms with Crippen LogP contribution in [0.4, 0.5) is 0 Å². The molecule has 2 aromatic rings. The second-order valence-electron chi connectivity index (χ2n) is 8.35. The van der Waals surface area contributed by atoms with Crippen LogP contribution in [0.15, 0.2) is 48.5 Å². The Balaban J connectivity index is 1.39. The fourth-order valence-corrected chi connectivity index (χ4v) is 6.26. The highest BCUT2D eigenvalue weighted by atomic mass is 32.2. The van der Waals surface area contributed by atoms with Gasteiger partial charge in [0, 0.05) is 11.6 Å². The average molecular weight is 399 g/mol. The summed E-state index contributed by atoms with van der Waals surface area (Å²) in [4.78, 5) is 0. The van der Waals surface area contributed by atoms with Crippen LogP contribution in [-0.2, 0) is 28.4 Å². The zero-order chi connectivity index (χ0) is 19.6. The highest BCUT2D eigenvalue weighted by Crippen LogP contribution is 2.36. The molecule has 4 rings (SSSR count). The molecular weight excluding hydrogens is 368 g/mol. The number of hydrogen-bond donors (Lipinski definition) is 2. The topological polar surface area (TPSA) is 72.2 Å². The molecule has 0 bridgehead atoms. The van der Waals surface area contributed by atoms with Gasteiger partial charge in [0.1, 0.15) is 0 Å². The molecule has 0 saturated heterocycles. The van der Waals surface area contributed by atoms with Crippen LogP contribution in [0.2, 0.25) is 0 Å². The first-order chi connectivity index (χ1) is 13.5. The maximum absolute atomic E-state index is 12.7. The summed E-state index contributed by atoms with van der Waals surface area (Å²) in [5.74, 6) is 0.132. The second kappa shape index (κ2) is 7.97. The predicted octanol–water partition coefficient (Wildman–Crippen LogP) is 3.95. The first kappa shape index (κ1) is 19.6. The molecule has 2 unspecified atom stereocenters. The summed E-state index contributed by atoms with van der Waals surface area (Å²) in [6, 6.07) is 16.4. The molecule has 0 amide bonds. The standard InChI is InChI=1S/C23H30N2O2S/c24-23(15-6-11-19-9-2-4-13-21(19)23)16-7-17-28(26,27)25-22-14-5-10-18-8-1-3-12-20(18)22/h1-4,8-9,12-13,22,25H,5-7,10-11,14-17,24H2. The third kappa shape index (κ3) is 4.17. The van der Waals surface area contributed by atoms with Crippen LogP contribution in [0.1, 0.15) is 66.8 Å². The van der Waals surface area contributed by atoms with Gasteiger partial charge in [-0.3, -0.25) is 0 Å². The van der Waals surface area contributed by atoms with Gasteiger partial charge in [-0.05, 0) is 73.6 Å². The summed E-state index contributed by atoms with van der Waals surface area (Å²) < 4.78 is 28.4. The summed E-state index contributed by atoms with van der Waals surface area (Å²) in [5.41, 5.74) is 11.2. The van der Waals surface area contributed by atoms with Crippen LogP contribution >= 0.6 is 0 Å². The Morgan fingerprint density at radius 2 is 1.71 bits per heavy atom. The van der Waals surface area contributed by atoms with Crippen molar-refractivity contribution in [1.29, 1.82) is 0 Å². The number of hydrogen-bond acceptors (Lipinski definition) is 3. The molecule has 2 aliphatic carbocycles. The molecule has 2 aliphatic rings. The van der Waals surface area contributed by atoms with Gasteiger partial charge < -0.3 is 5.73 Å². The molecule has 0 radical (unpaired) electrons. The van der Waals surface area contributed by atoms with Gasteiger partial charge in [0.25, 0.3) is 0 Å². The summed E-state index contributed by atoms with van der Waals surface area (Å²) >= 11 is 0. The van der Waals surface area contributed by atoms with Gasteiger partial charge in [-0.1, -0.05) is 48.5 Å². The molecule has 0 saturated carbocycles. The normalized spacial score (nSPS) is 24.4. The lowest BCUT2D eigenvalue weighted by atomic mass is 9.75. The molecule has 0 fully saturated rings. The Labute approximate surface area is 168 Å². The Hall–Kier alpha value is -1.69. The maximum Gasteiger partial charge on any atom is 0.212 e. The third-order valence-corrected chi connectivity index (χ3v) is 7.82. The summed E-state index contributed by atoms with van der Waals surface area (Å²) in [5, 5.41) is 0. The van der Waals surface area contributed by atoms with Crippen molar-refractivity contribution in [2.45, 2.75) is 62.9 Å². The number of benzene rings is 2. The fraction of sp³-hybridized carbons (Fsp3) is 0.478. The van der Waals surface area contributed by atoms with Crippen molar-refractivity contribution in [3.63, 3.8) is 0 Å². The lowest BCUT2D eigenvalue weighted by molar-refractivity contribution is 0.342. The van der Waals surface area contributed by atoms with E-state index in [-0.39, 0.29) is 11.8 Å². The van der Waals surface area contributed by atoms with Gasteiger partial charge in [-0.25, -0.2) is 13.1 Å². The minimum absolute atomic E-state index is 0.0998. The van der Waals surface area contributed by atoms with Crippen LogP contribution in [-0.4, -0.2) is 14.2 Å². The molecule has 5 heteroatoms. The number of rotatable bonds is 6. The monoisotopic (exact) mass is 398 g/mol. The molecule has 0 heterocycles. The Morgan fingerprint density at radius 1 is 1.00 bits per heavy atom. The van der Waals surface area contributed by atoms with Crippen molar-refractivity contribution in [2.24, 2.45) is 5.73 Å². The molecule has 0 spiro atoms. The highest BCUT2D eigenvalue weighted by molar-refractivity contribution is 7.89. The fourth-order valence-electron chi connectivity index (χ4n) is 4.94. The van der Waals surface area contributed by atoms with Crippen molar-refractivity contribution < 1.29 is 8.42 Å². The van der Waals surface area contributed by atoms with E-state index in [9.17, 15) is 8.42 Å². The summed E-state index contributed by atoms with van der Waals surface area (Å²) in [7, 11) is -3.33. The highest BCUT2D eigenvalue weighted by Gasteiger charge is 2.32. The average Bonchev–Trinajstić information content (AvgIpc) is 2.68. The minimum atomic E-state index is -3.33. The maximum atomic E-state index is 12.7. The first-order valence-corrected chi connectivity index (χ1v) is 12.1.